The number of carbonyl (C=O) groups excluding carboxylic acids is 3. The second kappa shape index (κ2) is 10.2. The number of ether oxygens (including phenoxy) is 1. The van der Waals surface area contributed by atoms with Crippen LogP contribution in [0.4, 0.5) is 4.39 Å². The zero-order valence-corrected chi connectivity index (χ0v) is 18.6. The lowest BCUT2D eigenvalue weighted by Gasteiger charge is -2.36. The summed E-state index contributed by atoms with van der Waals surface area (Å²) in [5.74, 6) is -1.26. The van der Waals surface area contributed by atoms with Crippen LogP contribution in [0.5, 0.6) is 0 Å². The maximum Gasteiger partial charge on any atom is 0.331 e. The van der Waals surface area contributed by atoms with Crippen LogP contribution in [0, 0.1) is 11.7 Å². The first-order valence-corrected chi connectivity index (χ1v) is 10.2. The minimum absolute atomic E-state index is 0.153. The highest BCUT2D eigenvalue weighted by Gasteiger charge is 2.37. The third kappa shape index (κ3) is 6.15. The van der Waals surface area contributed by atoms with Gasteiger partial charge in [-0.05, 0) is 63.9 Å². The molecule has 1 saturated heterocycles. The van der Waals surface area contributed by atoms with E-state index >= 15 is 0 Å². The molecule has 1 N–H and O–H groups in total. The zero-order chi connectivity index (χ0) is 22.5. The van der Waals surface area contributed by atoms with E-state index in [0.717, 1.165) is 25.0 Å². The van der Waals surface area contributed by atoms with Crippen molar-refractivity contribution in [2.24, 2.45) is 5.92 Å². The van der Waals surface area contributed by atoms with Crippen LogP contribution in [0.15, 0.2) is 18.2 Å². The van der Waals surface area contributed by atoms with Crippen molar-refractivity contribution in [3.05, 3.63) is 34.6 Å². The highest BCUT2D eigenvalue weighted by Crippen LogP contribution is 2.19. The number of benzene rings is 1. The number of amides is 2. The topological polar surface area (TPSA) is 79.0 Å². The number of nitrogens with zero attached hydrogens (tertiary/aromatic N) is 2. The van der Waals surface area contributed by atoms with Gasteiger partial charge in [-0.2, -0.15) is 0 Å². The highest BCUT2D eigenvalue weighted by molar-refractivity contribution is 6.31. The number of likely N-dealkylation sites (tertiary alicyclic amines) is 1. The molecule has 0 atom stereocenters. The molecule has 1 fully saturated rings. The second-order valence-electron chi connectivity index (χ2n) is 8.09. The number of carbonyl (C=O) groups is 3. The first kappa shape index (κ1) is 24.1. The number of likely N-dealkylation sites (N-methyl/N-ethyl adjacent to an activating group) is 1. The van der Waals surface area contributed by atoms with Gasteiger partial charge in [-0.1, -0.05) is 11.6 Å². The fraction of sp³-hybridized carbons (Fsp3) is 0.571. The summed E-state index contributed by atoms with van der Waals surface area (Å²) in [6.45, 7) is 5.42. The molecule has 0 spiro atoms. The van der Waals surface area contributed by atoms with E-state index in [2.05, 4.69) is 5.32 Å². The molecular formula is C21H29ClFN3O4. The first-order chi connectivity index (χ1) is 14.0. The van der Waals surface area contributed by atoms with Gasteiger partial charge in [0.2, 0.25) is 5.91 Å². The summed E-state index contributed by atoms with van der Waals surface area (Å²) >= 11 is 5.79. The molecule has 1 aliphatic rings. The van der Waals surface area contributed by atoms with Crippen molar-refractivity contribution < 1.29 is 23.5 Å². The Bertz CT molecular complexity index is 774. The summed E-state index contributed by atoms with van der Waals surface area (Å²) in [5, 5.41) is 3.01. The fourth-order valence-corrected chi connectivity index (χ4v) is 3.59. The van der Waals surface area contributed by atoms with Crippen molar-refractivity contribution in [2.75, 3.05) is 40.3 Å². The molecule has 1 aromatic rings. The van der Waals surface area contributed by atoms with Gasteiger partial charge in [0.1, 0.15) is 11.4 Å². The molecule has 0 radical (unpaired) electrons. The summed E-state index contributed by atoms with van der Waals surface area (Å²) in [4.78, 5) is 40.1. The standard InChI is InChI=1S/C21H29ClFN3O4/c1-21(2,20(29)30-4)25(3)18(27)13-26-7-5-14(6-8-26)12-24-19(28)15-9-16(22)11-17(23)10-15/h9-11,14H,5-8,12-13H2,1-4H3,(H,24,28). The third-order valence-electron chi connectivity index (χ3n) is 5.64. The molecule has 1 aliphatic heterocycles. The first-order valence-electron chi connectivity index (χ1n) is 9.86. The summed E-state index contributed by atoms with van der Waals surface area (Å²) < 4.78 is 18.2. The van der Waals surface area contributed by atoms with E-state index in [1.807, 2.05) is 4.90 Å². The predicted molar refractivity (Wildman–Crippen MR) is 112 cm³/mol. The fourth-order valence-electron chi connectivity index (χ4n) is 3.37. The van der Waals surface area contributed by atoms with Crippen molar-refractivity contribution in [3.63, 3.8) is 0 Å². The summed E-state index contributed by atoms with van der Waals surface area (Å²) in [6.07, 6.45) is 1.64. The van der Waals surface area contributed by atoms with Gasteiger partial charge in [-0.25, -0.2) is 9.18 Å². The molecule has 166 valence electrons. The van der Waals surface area contributed by atoms with Crippen LogP contribution in [0.3, 0.4) is 0 Å². The van der Waals surface area contributed by atoms with E-state index in [4.69, 9.17) is 16.3 Å². The van der Waals surface area contributed by atoms with Gasteiger partial charge in [-0.3, -0.25) is 14.5 Å². The molecular weight excluding hydrogens is 413 g/mol. The normalized spacial score (nSPS) is 15.5. The molecule has 9 heteroatoms. The number of hydrogen-bond donors (Lipinski definition) is 1. The van der Waals surface area contributed by atoms with Crippen molar-refractivity contribution in [1.82, 2.24) is 15.1 Å². The number of esters is 1. The Labute approximate surface area is 181 Å². The molecule has 30 heavy (non-hydrogen) atoms. The van der Waals surface area contributed by atoms with Gasteiger partial charge in [-0.15, -0.1) is 0 Å². The predicted octanol–water partition coefficient (Wildman–Crippen LogP) is 2.33. The lowest BCUT2D eigenvalue weighted by Crippen LogP contribution is -2.54. The Kier molecular flexibility index (Phi) is 8.20. The Morgan fingerprint density at radius 1 is 1.27 bits per heavy atom. The minimum Gasteiger partial charge on any atom is -0.467 e. The largest absolute Gasteiger partial charge is 0.467 e. The SMILES string of the molecule is COC(=O)C(C)(C)N(C)C(=O)CN1CCC(CNC(=O)c2cc(F)cc(Cl)c2)CC1. The Morgan fingerprint density at radius 3 is 2.47 bits per heavy atom. The number of hydrogen-bond acceptors (Lipinski definition) is 5. The number of nitrogens with one attached hydrogen (secondary N) is 1. The van der Waals surface area contributed by atoms with E-state index in [1.54, 1.807) is 20.9 Å². The van der Waals surface area contributed by atoms with Crippen LogP contribution in [0.25, 0.3) is 0 Å². The molecule has 1 aromatic carbocycles. The second-order valence-corrected chi connectivity index (χ2v) is 8.53. The lowest BCUT2D eigenvalue weighted by molar-refractivity contribution is -0.158. The van der Waals surface area contributed by atoms with Gasteiger partial charge >= 0.3 is 5.97 Å². The van der Waals surface area contributed by atoms with Gasteiger partial charge in [0.05, 0.1) is 13.7 Å². The number of methoxy groups -OCH3 is 1. The van der Waals surface area contributed by atoms with E-state index in [1.165, 1.54) is 18.1 Å². The lowest BCUT2D eigenvalue weighted by atomic mass is 9.96. The summed E-state index contributed by atoms with van der Waals surface area (Å²) in [5.41, 5.74) is -0.840. The number of piperidine rings is 1. The molecule has 0 aromatic heterocycles. The minimum atomic E-state index is -1.03. The van der Waals surface area contributed by atoms with Crippen molar-refractivity contribution >= 4 is 29.4 Å². The molecule has 0 saturated carbocycles. The maximum absolute atomic E-state index is 13.4. The number of rotatable bonds is 7. The van der Waals surface area contributed by atoms with Gasteiger partial charge in [0.25, 0.3) is 5.91 Å². The van der Waals surface area contributed by atoms with Crippen LogP contribution < -0.4 is 5.32 Å². The van der Waals surface area contributed by atoms with Crippen molar-refractivity contribution in [2.45, 2.75) is 32.2 Å². The average Bonchev–Trinajstić information content (AvgIpc) is 2.70. The smallest absolute Gasteiger partial charge is 0.331 e. The molecule has 1 heterocycles. The quantitative estimate of drug-likeness (QED) is 0.657. The molecule has 0 aliphatic carbocycles. The van der Waals surface area contributed by atoms with Crippen LogP contribution in [-0.2, 0) is 14.3 Å². The van der Waals surface area contributed by atoms with Crippen LogP contribution >= 0.6 is 11.6 Å². The highest BCUT2D eigenvalue weighted by atomic mass is 35.5. The maximum atomic E-state index is 13.4. The molecule has 7 nitrogen and oxygen atoms in total. The Balaban J connectivity index is 1.79. The summed E-state index contributed by atoms with van der Waals surface area (Å²) in [6, 6.07) is 3.74. The van der Waals surface area contributed by atoms with Gasteiger partial charge in [0.15, 0.2) is 0 Å². The molecule has 2 rings (SSSR count). The van der Waals surface area contributed by atoms with E-state index in [0.29, 0.717) is 19.6 Å². The van der Waals surface area contributed by atoms with E-state index < -0.39 is 17.3 Å². The van der Waals surface area contributed by atoms with E-state index in [-0.39, 0.29) is 34.9 Å². The van der Waals surface area contributed by atoms with Crippen molar-refractivity contribution in [3.8, 4) is 0 Å². The zero-order valence-electron chi connectivity index (χ0n) is 17.8. The monoisotopic (exact) mass is 441 g/mol. The van der Waals surface area contributed by atoms with Crippen LogP contribution in [0.1, 0.15) is 37.0 Å². The third-order valence-corrected chi connectivity index (χ3v) is 5.86. The van der Waals surface area contributed by atoms with Crippen LogP contribution in [0.2, 0.25) is 5.02 Å². The van der Waals surface area contributed by atoms with Crippen LogP contribution in [-0.4, -0.2) is 73.5 Å². The molecule has 2 amide bonds. The summed E-state index contributed by atoms with van der Waals surface area (Å²) in [7, 11) is 2.90. The van der Waals surface area contributed by atoms with Crippen molar-refractivity contribution in [1.29, 1.82) is 0 Å². The number of halogens is 2. The Morgan fingerprint density at radius 2 is 1.90 bits per heavy atom. The molecule has 0 unspecified atom stereocenters. The van der Waals surface area contributed by atoms with E-state index in [9.17, 15) is 18.8 Å². The van der Waals surface area contributed by atoms with Gasteiger partial charge in [0, 0.05) is 24.2 Å². The van der Waals surface area contributed by atoms with Gasteiger partial charge < -0.3 is 15.0 Å². The average molecular weight is 442 g/mol. The Hall–Kier alpha value is -2.19. The molecule has 0 bridgehead atoms.